The Hall–Kier alpha value is -2.82. The summed E-state index contributed by atoms with van der Waals surface area (Å²) in [7, 11) is -2.85. The number of nitrogens with zero attached hydrogens (tertiary/aromatic N) is 1. The second kappa shape index (κ2) is 10.5. The first-order chi connectivity index (χ1) is 17.5. The van der Waals surface area contributed by atoms with E-state index >= 15 is 0 Å². The Morgan fingerprint density at radius 2 is 1.57 bits per heavy atom. The average molecular weight is 526 g/mol. The number of rotatable bonds is 8. The van der Waals surface area contributed by atoms with Crippen LogP contribution in [0.1, 0.15) is 34.6 Å². The fraction of sp³-hybridized carbons (Fsp3) is 0.429. The molecule has 9 heteroatoms. The van der Waals surface area contributed by atoms with E-state index in [0.717, 1.165) is 16.6 Å². The quantitative estimate of drug-likeness (QED) is 0.179. The molecule has 2 aliphatic heterocycles. The number of oxime groups is 1. The van der Waals surface area contributed by atoms with Crippen molar-refractivity contribution < 1.29 is 33.7 Å². The number of benzene rings is 2. The molecular formula is C28H35NO7Si. The number of ether oxygens (including phenoxy) is 3. The van der Waals surface area contributed by atoms with Gasteiger partial charge in [-0.05, 0) is 35.3 Å². The molecule has 2 heterocycles. The molecule has 0 spiro atoms. The van der Waals surface area contributed by atoms with Crippen molar-refractivity contribution in [1.29, 1.82) is 0 Å². The van der Waals surface area contributed by atoms with Crippen molar-refractivity contribution in [1.82, 2.24) is 0 Å². The van der Waals surface area contributed by atoms with Crippen LogP contribution in [-0.2, 0) is 23.4 Å². The highest BCUT2D eigenvalue weighted by molar-refractivity contribution is 6.99. The maximum Gasteiger partial charge on any atom is 0.334 e. The molecule has 0 saturated carbocycles. The predicted octanol–water partition coefficient (Wildman–Crippen LogP) is 3.32. The molecule has 0 aliphatic carbocycles. The first-order valence-corrected chi connectivity index (χ1v) is 14.3. The summed E-state index contributed by atoms with van der Waals surface area (Å²) in [5.41, 5.74) is -0.0814. The highest BCUT2D eigenvalue weighted by atomic mass is 28.4. The van der Waals surface area contributed by atoms with Crippen molar-refractivity contribution in [3.05, 3.63) is 72.3 Å². The maximum absolute atomic E-state index is 12.1. The molecule has 2 saturated heterocycles. The molecule has 0 bridgehead atoms. The molecule has 4 rings (SSSR count). The number of carboxylic acids is 1. The largest absolute Gasteiger partial charge is 0.478 e. The minimum atomic E-state index is -2.85. The summed E-state index contributed by atoms with van der Waals surface area (Å²) < 4.78 is 25.6. The molecule has 0 radical (unpaired) electrons. The van der Waals surface area contributed by atoms with Crippen molar-refractivity contribution >= 4 is 30.9 Å². The van der Waals surface area contributed by atoms with E-state index in [1.807, 2.05) is 36.4 Å². The van der Waals surface area contributed by atoms with Gasteiger partial charge in [-0.3, -0.25) is 0 Å². The molecule has 0 unspecified atom stereocenters. The summed E-state index contributed by atoms with van der Waals surface area (Å²) in [4.78, 5) is 12.1. The summed E-state index contributed by atoms with van der Waals surface area (Å²) in [5.74, 6) is -2.10. The molecule has 2 aromatic rings. The van der Waals surface area contributed by atoms with E-state index in [9.17, 15) is 9.90 Å². The second-order valence-electron chi connectivity index (χ2n) is 10.8. The highest BCUT2D eigenvalue weighted by Gasteiger charge is 2.58. The van der Waals surface area contributed by atoms with Gasteiger partial charge in [0.05, 0.1) is 18.4 Å². The van der Waals surface area contributed by atoms with E-state index in [1.165, 1.54) is 6.08 Å². The zero-order chi connectivity index (χ0) is 26.8. The number of fused-ring (bicyclic) bond motifs is 1. The lowest BCUT2D eigenvalue weighted by Gasteiger charge is -2.43. The van der Waals surface area contributed by atoms with Gasteiger partial charge in [-0.2, -0.15) is 0 Å². The van der Waals surface area contributed by atoms with E-state index in [-0.39, 0.29) is 17.2 Å². The molecule has 2 fully saturated rings. The van der Waals surface area contributed by atoms with Gasteiger partial charge < -0.3 is 29.0 Å². The first-order valence-electron chi connectivity index (χ1n) is 12.4. The Kier molecular flexibility index (Phi) is 7.73. The molecule has 37 heavy (non-hydrogen) atoms. The number of aliphatic carboxylic acids is 1. The van der Waals surface area contributed by atoms with Crippen molar-refractivity contribution in [3.8, 4) is 0 Å². The van der Waals surface area contributed by atoms with E-state index in [4.69, 9.17) is 23.8 Å². The van der Waals surface area contributed by atoms with Crippen LogP contribution in [-0.4, -0.2) is 67.6 Å². The van der Waals surface area contributed by atoms with Gasteiger partial charge in [0.15, 0.2) is 5.79 Å². The van der Waals surface area contributed by atoms with E-state index in [2.05, 4.69) is 50.2 Å². The van der Waals surface area contributed by atoms with Crippen LogP contribution >= 0.6 is 0 Å². The molecule has 8 nitrogen and oxygen atoms in total. The van der Waals surface area contributed by atoms with Crippen molar-refractivity contribution in [2.24, 2.45) is 5.16 Å². The smallest absolute Gasteiger partial charge is 0.334 e. The van der Waals surface area contributed by atoms with E-state index in [1.54, 1.807) is 13.8 Å². The second-order valence-corrected chi connectivity index (χ2v) is 15.1. The Morgan fingerprint density at radius 1 is 1.03 bits per heavy atom. The molecule has 198 valence electrons. The zero-order valence-corrected chi connectivity index (χ0v) is 22.8. The highest BCUT2D eigenvalue weighted by Crippen LogP contribution is 2.42. The number of carboxylic acid groups (broad SMARTS) is 1. The summed E-state index contributed by atoms with van der Waals surface area (Å²) in [6, 6.07) is 20.5. The van der Waals surface area contributed by atoms with Crippen molar-refractivity contribution in [3.63, 3.8) is 0 Å². The van der Waals surface area contributed by atoms with Gasteiger partial charge in [0.2, 0.25) is 0 Å². The van der Waals surface area contributed by atoms with Crippen LogP contribution in [0.3, 0.4) is 0 Å². The van der Waals surface area contributed by atoms with E-state index < -0.39 is 44.5 Å². The summed E-state index contributed by atoms with van der Waals surface area (Å²) in [6.45, 7) is 10.4. The van der Waals surface area contributed by atoms with E-state index in [0.29, 0.717) is 0 Å². The minimum absolute atomic E-state index is 0.0814. The van der Waals surface area contributed by atoms with Crippen LogP contribution in [0.2, 0.25) is 5.04 Å². The third-order valence-corrected chi connectivity index (χ3v) is 11.9. The molecule has 0 aromatic heterocycles. The van der Waals surface area contributed by atoms with Crippen LogP contribution in [0.25, 0.3) is 0 Å². The van der Waals surface area contributed by atoms with Crippen molar-refractivity contribution in [2.75, 3.05) is 6.61 Å². The maximum atomic E-state index is 12.1. The van der Waals surface area contributed by atoms with Gasteiger partial charge in [0.25, 0.3) is 8.32 Å². The number of carbonyl (C=O) groups is 1. The fourth-order valence-corrected chi connectivity index (χ4v) is 10.0. The van der Waals surface area contributed by atoms with Gasteiger partial charge in [-0.1, -0.05) is 86.6 Å². The number of allylic oxidation sites excluding steroid dienone is 1. The molecule has 4 atom stereocenters. The minimum Gasteiger partial charge on any atom is -0.478 e. The van der Waals surface area contributed by atoms with Crippen molar-refractivity contribution in [2.45, 2.75) is 69.9 Å². The van der Waals surface area contributed by atoms with Crippen LogP contribution in [0.5, 0.6) is 0 Å². The lowest BCUT2D eigenvalue weighted by Crippen LogP contribution is -2.67. The predicted molar refractivity (Wildman–Crippen MR) is 142 cm³/mol. The topological polar surface area (TPSA) is 107 Å². The third-order valence-electron chi connectivity index (χ3n) is 6.90. The lowest BCUT2D eigenvalue weighted by atomic mass is 10.0. The molecule has 0 amide bonds. The third kappa shape index (κ3) is 5.28. The first kappa shape index (κ1) is 27.2. The fourth-order valence-electron chi connectivity index (χ4n) is 5.44. The molecule has 2 aromatic carbocycles. The standard InChI is InChI=1S/C28H35NO7Si/c1-27(2,3)37(19-12-8-6-9-13-19,20-14-10-7-11-15-20)33-18-22-24-25(36-28(4,5)35-24)23(34-22)21(26(30)31)16-17-29-32/h6-17,22-25,32H,18H2,1-5H3,(H,30,31)/b21-16-,29-17+/t22-,23+,24-,25+/m1/s1. The normalized spacial score (nSPS) is 25.9. The van der Waals surface area contributed by atoms with Crippen LogP contribution in [0, 0.1) is 0 Å². The van der Waals surface area contributed by atoms with Crippen LogP contribution < -0.4 is 10.4 Å². The summed E-state index contributed by atoms with van der Waals surface area (Å²) in [5, 5.41) is 23.6. The summed E-state index contributed by atoms with van der Waals surface area (Å²) >= 11 is 0. The lowest BCUT2D eigenvalue weighted by molar-refractivity contribution is -0.186. The SMILES string of the molecule is CC1(C)O[C@@H]2[C@H](O1)[C@@H](CO[Si](c1ccccc1)(c1ccccc1)C(C)(C)C)O[C@H]2/C(=C/C=N/O)C(=O)O. The van der Waals surface area contributed by atoms with Crippen LogP contribution in [0.4, 0.5) is 0 Å². The molecule has 2 N–H and O–H groups in total. The Labute approximate surface area is 218 Å². The van der Waals surface area contributed by atoms with Gasteiger partial charge in [0.1, 0.15) is 24.4 Å². The van der Waals surface area contributed by atoms with Gasteiger partial charge in [-0.25, -0.2) is 4.79 Å². The number of hydrogen-bond donors (Lipinski definition) is 2. The Balaban J connectivity index is 1.72. The van der Waals surface area contributed by atoms with Gasteiger partial charge in [-0.15, -0.1) is 0 Å². The monoisotopic (exact) mass is 525 g/mol. The average Bonchev–Trinajstić information content (AvgIpc) is 3.33. The zero-order valence-electron chi connectivity index (χ0n) is 21.8. The summed E-state index contributed by atoms with van der Waals surface area (Å²) in [6.07, 6.45) is -0.467. The van der Waals surface area contributed by atoms with Gasteiger partial charge in [0, 0.05) is 0 Å². The van der Waals surface area contributed by atoms with Crippen LogP contribution in [0.15, 0.2) is 77.5 Å². The molecular weight excluding hydrogens is 490 g/mol. The Bertz CT molecular complexity index is 1100. The molecule has 2 aliphatic rings. The van der Waals surface area contributed by atoms with Gasteiger partial charge >= 0.3 is 5.97 Å². The Morgan fingerprint density at radius 3 is 2.05 bits per heavy atom. The number of hydrogen-bond acceptors (Lipinski definition) is 7.